The minimum absolute atomic E-state index is 0.954. The average molecular weight is 224 g/mol. The Balaban J connectivity index is 2.20. The maximum absolute atomic E-state index is 4.52. The lowest BCUT2D eigenvalue weighted by atomic mass is 10.1. The van der Waals surface area contributed by atoms with Gasteiger partial charge in [-0.25, -0.2) is 9.50 Å². The van der Waals surface area contributed by atoms with E-state index < -0.39 is 0 Å². The minimum atomic E-state index is 0.954. The van der Waals surface area contributed by atoms with E-state index in [-0.39, 0.29) is 0 Å². The molecule has 4 nitrogen and oxygen atoms in total. The first-order chi connectivity index (χ1) is 8.38. The summed E-state index contributed by atoms with van der Waals surface area (Å²) in [5.74, 6) is 0. The first kappa shape index (κ1) is 9.96. The SMILES string of the molecule is CCc1cnccc1-c1cc2ccncn2n1. The molecule has 0 aromatic carbocycles. The van der Waals surface area contributed by atoms with Crippen LogP contribution in [0, 0.1) is 0 Å². The van der Waals surface area contributed by atoms with Gasteiger partial charge in [-0.05, 0) is 30.2 Å². The van der Waals surface area contributed by atoms with Crippen LogP contribution in [0.4, 0.5) is 0 Å². The van der Waals surface area contributed by atoms with Crippen LogP contribution in [0.5, 0.6) is 0 Å². The Labute approximate surface area is 99.0 Å². The van der Waals surface area contributed by atoms with Gasteiger partial charge in [-0.2, -0.15) is 5.10 Å². The van der Waals surface area contributed by atoms with Crippen LogP contribution < -0.4 is 0 Å². The van der Waals surface area contributed by atoms with Gasteiger partial charge in [0.2, 0.25) is 0 Å². The van der Waals surface area contributed by atoms with Crippen LogP contribution in [0.3, 0.4) is 0 Å². The third-order valence-corrected chi connectivity index (χ3v) is 2.83. The minimum Gasteiger partial charge on any atom is -0.264 e. The van der Waals surface area contributed by atoms with Gasteiger partial charge in [-0.1, -0.05) is 6.92 Å². The number of fused-ring (bicyclic) bond motifs is 1. The summed E-state index contributed by atoms with van der Waals surface area (Å²) in [4.78, 5) is 8.20. The summed E-state index contributed by atoms with van der Waals surface area (Å²) in [6.07, 6.45) is 8.14. The molecule has 0 N–H and O–H groups in total. The molecule has 0 spiro atoms. The van der Waals surface area contributed by atoms with Crippen LogP contribution in [0.2, 0.25) is 0 Å². The van der Waals surface area contributed by atoms with E-state index in [2.05, 4.69) is 28.1 Å². The van der Waals surface area contributed by atoms with E-state index in [0.29, 0.717) is 0 Å². The van der Waals surface area contributed by atoms with Crippen molar-refractivity contribution in [2.45, 2.75) is 13.3 Å². The monoisotopic (exact) mass is 224 g/mol. The summed E-state index contributed by atoms with van der Waals surface area (Å²) in [6.45, 7) is 2.12. The molecule has 17 heavy (non-hydrogen) atoms. The molecule has 0 saturated carbocycles. The zero-order valence-electron chi connectivity index (χ0n) is 9.54. The van der Waals surface area contributed by atoms with Gasteiger partial charge >= 0.3 is 0 Å². The normalized spacial score (nSPS) is 10.9. The van der Waals surface area contributed by atoms with Crippen LogP contribution >= 0.6 is 0 Å². The van der Waals surface area contributed by atoms with Crippen molar-refractivity contribution in [3.05, 3.63) is 48.7 Å². The highest BCUT2D eigenvalue weighted by Crippen LogP contribution is 2.22. The second kappa shape index (κ2) is 3.97. The molecule has 0 atom stereocenters. The Bertz CT molecular complexity index is 624. The average Bonchev–Trinajstić information content (AvgIpc) is 2.82. The molecule has 3 heterocycles. The molecule has 0 bridgehead atoms. The molecule has 0 aliphatic rings. The summed E-state index contributed by atoms with van der Waals surface area (Å²) in [5, 5.41) is 4.52. The van der Waals surface area contributed by atoms with Gasteiger partial charge in [0, 0.05) is 24.2 Å². The molecule has 0 fully saturated rings. The molecule has 0 aliphatic carbocycles. The molecule has 3 aromatic rings. The second-order valence-corrected chi connectivity index (χ2v) is 3.87. The summed E-state index contributed by atoms with van der Waals surface area (Å²) in [7, 11) is 0. The van der Waals surface area contributed by atoms with E-state index in [1.807, 2.05) is 18.3 Å². The van der Waals surface area contributed by atoms with Gasteiger partial charge in [-0.3, -0.25) is 4.98 Å². The highest BCUT2D eigenvalue weighted by molar-refractivity contribution is 5.68. The van der Waals surface area contributed by atoms with Crippen molar-refractivity contribution in [3.63, 3.8) is 0 Å². The van der Waals surface area contributed by atoms with Gasteiger partial charge in [0.25, 0.3) is 0 Å². The molecule has 84 valence electrons. The van der Waals surface area contributed by atoms with E-state index >= 15 is 0 Å². The standard InChI is InChI=1S/C13H12N4/c1-2-10-8-14-6-4-12(10)13-7-11-3-5-15-9-17(11)16-13/h3-9H,2H2,1H3. The van der Waals surface area contributed by atoms with Crippen LogP contribution in [0.15, 0.2) is 43.1 Å². The topological polar surface area (TPSA) is 43.1 Å². The zero-order valence-corrected chi connectivity index (χ0v) is 9.54. The molecule has 3 aromatic heterocycles. The number of rotatable bonds is 2. The Kier molecular flexibility index (Phi) is 2.33. The molecule has 0 aliphatic heterocycles. The Hall–Kier alpha value is -2.23. The quantitative estimate of drug-likeness (QED) is 0.671. The predicted octanol–water partition coefficient (Wildman–Crippen LogP) is 2.35. The smallest absolute Gasteiger partial charge is 0.117 e. The fourth-order valence-corrected chi connectivity index (χ4v) is 1.94. The van der Waals surface area contributed by atoms with Crippen molar-refractivity contribution < 1.29 is 0 Å². The summed E-state index contributed by atoms with van der Waals surface area (Å²) in [5.41, 5.74) is 4.38. The van der Waals surface area contributed by atoms with Gasteiger partial charge in [0.05, 0.1) is 11.2 Å². The highest BCUT2D eigenvalue weighted by Gasteiger charge is 2.07. The van der Waals surface area contributed by atoms with E-state index in [1.54, 1.807) is 23.2 Å². The first-order valence-corrected chi connectivity index (χ1v) is 5.61. The maximum atomic E-state index is 4.52. The van der Waals surface area contributed by atoms with Crippen molar-refractivity contribution in [2.24, 2.45) is 0 Å². The zero-order chi connectivity index (χ0) is 11.7. The fraction of sp³-hybridized carbons (Fsp3) is 0.154. The third kappa shape index (κ3) is 1.67. The van der Waals surface area contributed by atoms with Crippen LogP contribution in [0.25, 0.3) is 16.8 Å². The number of nitrogens with zero attached hydrogens (tertiary/aromatic N) is 4. The molecule has 3 rings (SSSR count). The Morgan fingerprint density at radius 3 is 2.88 bits per heavy atom. The van der Waals surface area contributed by atoms with Gasteiger partial charge in [0.15, 0.2) is 0 Å². The van der Waals surface area contributed by atoms with Gasteiger partial charge in [-0.15, -0.1) is 0 Å². The fourth-order valence-electron chi connectivity index (χ4n) is 1.94. The number of hydrogen-bond acceptors (Lipinski definition) is 3. The van der Waals surface area contributed by atoms with Crippen LogP contribution in [0.1, 0.15) is 12.5 Å². The predicted molar refractivity (Wildman–Crippen MR) is 65.6 cm³/mol. The number of hydrogen-bond donors (Lipinski definition) is 0. The Morgan fingerprint density at radius 2 is 2.06 bits per heavy atom. The van der Waals surface area contributed by atoms with Crippen LogP contribution in [-0.2, 0) is 6.42 Å². The number of aryl methyl sites for hydroxylation is 1. The summed E-state index contributed by atoms with van der Waals surface area (Å²) < 4.78 is 1.79. The number of pyridine rings is 1. The third-order valence-electron chi connectivity index (χ3n) is 2.83. The Morgan fingerprint density at radius 1 is 1.18 bits per heavy atom. The van der Waals surface area contributed by atoms with E-state index in [1.165, 1.54) is 5.56 Å². The van der Waals surface area contributed by atoms with E-state index in [0.717, 1.165) is 23.2 Å². The van der Waals surface area contributed by atoms with Crippen molar-refractivity contribution in [3.8, 4) is 11.3 Å². The van der Waals surface area contributed by atoms with Crippen molar-refractivity contribution in [1.29, 1.82) is 0 Å². The molecular weight excluding hydrogens is 212 g/mol. The molecular formula is C13H12N4. The molecule has 0 unspecified atom stereocenters. The lowest BCUT2D eigenvalue weighted by molar-refractivity contribution is 0.923. The number of aromatic nitrogens is 4. The summed E-state index contributed by atoms with van der Waals surface area (Å²) >= 11 is 0. The van der Waals surface area contributed by atoms with E-state index in [9.17, 15) is 0 Å². The lowest BCUT2D eigenvalue weighted by Crippen LogP contribution is -1.91. The van der Waals surface area contributed by atoms with Crippen molar-refractivity contribution in [1.82, 2.24) is 19.6 Å². The van der Waals surface area contributed by atoms with Crippen molar-refractivity contribution >= 4 is 5.52 Å². The van der Waals surface area contributed by atoms with E-state index in [4.69, 9.17) is 0 Å². The molecule has 0 saturated heterocycles. The lowest BCUT2D eigenvalue weighted by Gasteiger charge is -2.02. The largest absolute Gasteiger partial charge is 0.264 e. The van der Waals surface area contributed by atoms with Crippen molar-refractivity contribution in [2.75, 3.05) is 0 Å². The van der Waals surface area contributed by atoms with Gasteiger partial charge < -0.3 is 0 Å². The maximum Gasteiger partial charge on any atom is 0.117 e. The molecule has 4 heteroatoms. The summed E-state index contributed by atoms with van der Waals surface area (Å²) in [6, 6.07) is 6.02. The molecule has 0 radical (unpaired) electrons. The molecule has 0 amide bonds. The van der Waals surface area contributed by atoms with Crippen LogP contribution in [-0.4, -0.2) is 19.6 Å². The van der Waals surface area contributed by atoms with Gasteiger partial charge in [0.1, 0.15) is 6.33 Å². The first-order valence-electron chi connectivity index (χ1n) is 5.61. The second-order valence-electron chi connectivity index (χ2n) is 3.87. The highest BCUT2D eigenvalue weighted by atomic mass is 15.2.